The van der Waals surface area contributed by atoms with Gasteiger partial charge < -0.3 is 15.0 Å². The number of piperidine rings is 1. The third-order valence-corrected chi connectivity index (χ3v) is 3.81. The summed E-state index contributed by atoms with van der Waals surface area (Å²) in [6.45, 7) is 3.26. The topological polar surface area (TPSA) is 54.5 Å². The molecule has 1 N–H and O–H groups in total. The van der Waals surface area contributed by atoms with Crippen LogP contribution in [0, 0.1) is 0 Å². The molecule has 1 aromatic heterocycles. The summed E-state index contributed by atoms with van der Waals surface area (Å²) in [5.74, 6) is 0.139. The summed E-state index contributed by atoms with van der Waals surface area (Å²) >= 11 is 0. The van der Waals surface area contributed by atoms with Gasteiger partial charge in [-0.1, -0.05) is 6.07 Å². The standard InChI is InChI=1S/C16H25N3O2/c1-19(12-7-14-4-2-3-9-18-14)16(20)8-13-21-15-5-10-17-11-6-15/h2-4,9,15,17H,5-8,10-13H2,1H3. The fourth-order valence-electron chi connectivity index (χ4n) is 2.42. The molecule has 0 aliphatic carbocycles. The quantitative estimate of drug-likeness (QED) is 0.821. The number of carbonyl (C=O) groups excluding carboxylic acids is 1. The highest BCUT2D eigenvalue weighted by molar-refractivity contribution is 5.75. The van der Waals surface area contributed by atoms with Gasteiger partial charge in [-0.3, -0.25) is 9.78 Å². The lowest BCUT2D eigenvalue weighted by atomic mass is 10.1. The van der Waals surface area contributed by atoms with Crippen molar-refractivity contribution in [1.82, 2.24) is 15.2 Å². The Morgan fingerprint density at radius 2 is 2.24 bits per heavy atom. The Balaban J connectivity index is 1.60. The minimum absolute atomic E-state index is 0.139. The average molecular weight is 291 g/mol. The van der Waals surface area contributed by atoms with Gasteiger partial charge in [0, 0.05) is 31.9 Å². The molecule has 0 spiro atoms. The van der Waals surface area contributed by atoms with E-state index in [1.807, 2.05) is 25.2 Å². The van der Waals surface area contributed by atoms with Crippen molar-refractivity contribution >= 4 is 5.91 Å². The van der Waals surface area contributed by atoms with Crippen LogP contribution < -0.4 is 5.32 Å². The average Bonchev–Trinajstić information content (AvgIpc) is 2.54. The Bertz CT molecular complexity index is 419. The van der Waals surface area contributed by atoms with E-state index in [4.69, 9.17) is 4.74 Å². The smallest absolute Gasteiger partial charge is 0.224 e. The second kappa shape index (κ2) is 8.74. The lowest BCUT2D eigenvalue weighted by Gasteiger charge is -2.23. The van der Waals surface area contributed by atoms with E-state index in [0.29, 0.717) is 25.7 Å². The van der Waals surface area contributed by atoms with E-state index in [1.165, 1.54) is 0 Å². The van der Waals surface area contributed by atoms with Crippen molar-refractivity contribution in [2.24, 2.45) is 0 Å². The van der Waals surface area contributed by atoms with E-state index in [1.54, 1.807) is 11.1 Å². The zero-order chi connectivity index (χ0) is 14.9. The summed E-state index contributed by atoms with van der Waals surface area (Å²) in [5, 5.41) is 3.30. The van der Waals surface area contributed by atoms with Gasteiger partial charge in [-0.2, -0.15) is 0 Å². The fourth-order valence-corrected chi connectivity index (χ4v) is 2.42. The molecule has 0 aromatic carbocycles. The molecule has 0 saturated carbocycles. The van der Waals surface area contributed by atoms with Gasteiger partial charge in [0.25, 0.3) is 0 Å². The Kier molecular flexibility index (Phi) is 6.63. The van der Waals surface area contributed by atoms with Crippen molar-refractivity contribution in [2.75, 3.05) is 33.3 Å². The molecule has 0 unspecified atom stereocenters. The van der Waals surface area contributed by atoms with Gasteiger partial charge in [0.15, 0.2) is 0 Å². The normalized spacial score (nSPS) is 15.9. The third kappa shape index (κ3) is 5.81. The van der Waals surface area contributed by atoms with Crippen LogP contribution in [0.25, 0.3) is 0 Å². The number of amides is 1. The molecule has 5 nitrogen and oxygen atoms in total. The van der Waals surface area contributed by atoms with Gasteiger partial charge in [0.1, 0.15) is 0 Å². The molecule has 2 rings (SSSR count). The van der Waals surface area contributed by atoms with Crippen LogP contribution in [-0.2, 0) is 16.0 Å². The number of hydrogen-bond acceptors (Lipinski definition) is 4. The molecular formula is C16H25N3O2. The van der Waals surface area contributed by atoms with Crippen molar-refractivity contribution in [2.45, 2.75) is 31.8 Å². The third-order valence-electron chi connectivity index (χ3n) is 3.81. The zero-order valence-electron chi connectivity index (χ0n) is 12.8. The Morgan fingerprint density at radius 3 is 2.95 bits per heavy atom. The highest BCUT2D eigenvalue weighted by atomic mass is 16.5. The van der Waals surface area contributed by atoms with E-state index in [2.05, 4.69) is 10.3 Å². The van der Waals surface area contributed by atoms with Crippen LogP contribution in [0.2, 0.25) is 0 Å². The summed E-state index contributed by atoms with van der Waals surface area (Å²) < 4.78 is 5.77. The summed E-state index contributed by atoms with van der Waals surface area (Å²) in [7, 11) is 1.84. The molecule has 2 heterocycles. The summed E-state index contributed by atoms with van der Waals surface area (Å²) in [6.07, 6.45) is 5.44. The Labute approximate surface area is 126 Å². The van der Waals surface area contributed by atoms with Crippen LogP contribution in [0.1, 0.15) is 25.0 Å². The lowest BCUT2D eigenvalue weighted by Crippen LogP contribution is -2.34. The molecule has 21 heavy (non-hydrogen) atoms. The van der Waals surface area contributed by atoms with Gasteiger partial charge >= 0.3 is 0 Å². The highest BCUT2D eigenvalue weighted by Crippen LogP contribution is 2.08. The van der Waals surface area contributed by atoms with Crippen LogP contribution in [0.15, 0.2) is 24.4 Å². The molecule has 1 aliphatic rings. The zero-order valence-corrected chi connectivity index (χ0v) is 12.8. The number of carbonyl (C=O) groups is 1. The van der Waals surface area contributed by atoms with Crippen molar-refractivity contribution in [3.63, 3.8) is 0 Å². The van der Waals surface area contributed by atoms with Gasteiger partial charge in [0.2, 0.25) is 5.91 Å². The number of aromatic nitrogens is 1. The number of nitrogens with one attached hydrogen (secondary N) is 1. The maximum atomic E-state index is 12.0. The van der Waals surface area contributed by atoms with Crippen LogP contribution in [-0.4, -0.2) is 55.2 Å². The van der Waals surface area contributed by atoms with Crippen molar-refractivity contribution in [3.8, 4) is 0 Å². The first kappa shape index (κ1) is 15.9. The van der Waals surface area contributed by atoms with Crippen LogP contribution in [0.3, 0.4) is 0 Å². The molecule has 0 radical (unpaired) electrons. The molecule has 116 valence electrons. The number of ether oxygens (including phenoxy) is 1. The number of nitrogens with zero attached hydrogens (tertiary/aromatic N) is 2. The second-order valence-electron chi connectivity index (χ2n) is 5.46. The van der Waals surface area contributed by atoms with Gasteiger partial charge in [-0.05, 0) is 38.1 Å². The SMILES string of the molecule is CN(CCc1ccccn1)C(=O)CCOC1CCNCC1. The van der Waals surface area contributed by atoms with Crippen LogP contribution >= 0.6 is 0 Å². The highest BCUT2D eigenvalue weighted by Gasteiger charge is 2.14. The van der Waals surface area contributed by atoms with Crippen LogP contribution in [0.5, 0.6) is 0 Å². The minimum atomic E-state index is 0.139. The summed E-state index contributed by atoms with van der Waals surface area (Å²) in [4.78, 5) is 18.0. The number of rotatable bonds is 7. The molecule has 5 heteroatoms. The fraction of sp³-hybridized carbons (Fsp3) is 0.625. The molecule has 1 fully saturated rings. The first-order chi connectivity index (χ1) is 10.3. The molecular weight excluding hydrogens is 266 g/mol. The number of hydrogen-bond donors (Lipinski definition) is 1. The predicted molar refractivity (Wildman–Crippen MR) is 82.0 cm³/mol. The monoisotopic (exact) mass is 291 g/mol. The largest absolute Gasteiger partial charge is 0.378 e. The number of likely N-dealkylation sites (N-methyl/N-ethyl adjacent to an activating group) is 1. The van der Waals surface area contributed by atoms with E-state index in [0.717, 1.165) is 38.0 Å². The maximum Gasteiger partial charge on any atom is 0.224 e. The van der Waals surface area contributed by atoms with Gasteiger partial charge in [-0.25, -0.2) is 0 Å². The first-order valence-corrected chi connectivity index (χ1v) is 7.72. The first-order valence-electron chi connectivity index (χ1n) is 7.72. The van der Waals surface area contributed by atoms with E-state index in [-0.39, 0.29) is 5.91 Å². The second-order valence-corrected chi connectivity index (χ2v) is 5.46. The maximum absolute atomic E-state index is 12.0. The van der Waals surface area contributed by atoms with Gasteiger partial charge in [-0.15, -0.1) is 0 Å². The lowest BCUT2D eigenvalue weighted by molar-refractivity contribution is -0.131. The van der Waals surface area contributed by atoms with Crippen molar-refractivity contribution < 1.29 is 9.53 Å². The Hall–Kier alpha value is -1.46. The predicted octanol–water partition coefficient (Wildman–Crippen LogP) is 1.24. The summed E-state index contributed by atoms with van der Waals surface area (Å²) in [5.41, 5.74) is 1.02. The molecule has 1 aromatic rings. The summed E-state index contributed by atoms with van der Waals surface area (Å²) in [6, 6.07) is 5.85. The molecule has 0 bridgehead atoms. The van der Waals surface area contributed by atoms with Crippen LogP contribution in [0.4, 0.5) is 0 Å². The van der Waals surface area contributed by atoms with Crippen molar-refractivity contribution in [3.05, 3.63) is 30.1 Å². The van der Waals surface area contributed by atoms with E-state index in [9.17, 15) is 4.79 Å². The van der Waals surface area contributed by atoms with E-state index >= 15 is 0 Å². The van der Waals surface area contributed by atoms with Crippen molar-refractivity contribution in [1.29, 1.82) is 0 Å². The molecule has 0 atom stereocenters. The van der Waals surface area contributed by atoms with E-state index < -0.39 is 0 Å². The molecule has 1 saturated heterocycles. The molecule has 1 aliphatic heterocycles. The van der Waals surface area contributed by atoms with Gasteiger partial charge in [0.05, 0.1) is 19.1 Å². The number of pyridine rings is 1. The molecule has 1 amide bonds. The Morgan fingerprint density at radius 1 is 1.43 bits per heavy atom. The minimum Gasteiger partial charge on any atom is -0.378 e.